The molecule has 0 aliphatic heterocycles. The molecule has 0 saturated heterocycles. The highest BCUT2D eigenvalue weighted by Gasteiger charge is 2.19. The van der Waals surface area contributed by atoms with E-state index in [0.717, 1.165) is 44.9 Å². The minimum Gasteiger partial charge on any atom is -0.480 e. The van der Waals surface area contributed by atoms with Crippen molar-refractivity contribution < 1.29 is 24.2 Å². The Morgan fingerprint density at radius 2 is 1.08 bits per heavy atom. The third kappa shape index (κ3) is 32.4. The summed E-state index contributed by atoms with van der Waals surface area (Å²) in [5, 5.41) is 11.9. The molecule has 7 heteroatoms. The van der Waals surface area contributed by atoms with Gasteiger partial charge in [-0.05, 0) is 89.7 Å². The highest BCUT2D eigenvalue weighted by atomic mass is 16.5. The van der Waals surface area contributed by atoms with E-state index in [2.05, 4.69) is 43.5 Å². The van der Waals surface area contributed by atoms with Gasteiger partial charge < -0.3 is 20.9 Å². The van der Waals surface area contributed by atoms with Crippen LogP contribution in [0.25, 0.3) is 0 Å². The van der Waals surface area contributed by atoms with E-state index < -0.39 is 12.0 Å². The molecule has 7 nitrogen and oxygen atoms in total. The van der Waals surface area contributed by atoms with Crippen molar-refractivity contribution in [3.8, 4) is 0 Å². The molecule has 0 saturated carbocycles. The predicted octanol–water partition coefficient (Wildman–Crippen LogP) is 10.9. The molecule has 0 heterocycles. The Labute approximate surface area is 295 Å². The molecule has 2 unspecified atom stereocenters. The van der Waals surface area contributed by atoms with Gasteiger partial charge in [0.05, 0.1) is 0 Å². The third-order valence-corrected chi connectivity index (χ3v) is 8.97. The first kappa shape index (κ1) is 45.9. The summed E-state index contributed by atoms with van der Waals surface area (Å²) in [5.41, 5.74) is 5.47. The van der Waals surface area contributed by atoms with Crippen LogP contribution in [0.5, 0.6) is 0 Å². The predicted molar refractivity (Wildman–Crippen MR) is 202 cm³/mol. The molecule has 280 valence electrons. The molecule has 2 atom stereocenters. The van der Waals surface area contributed by atoms with Gasteiger partial charge in [-0.2, -0.15) is 0 Å². The van der Waals surface area contributed by atoms with Crippen molar-refractivity contribution in [3.05, 3.63) is 24.3 Å². The second-order valence-corrected chi connectivity index (χ2v) is 13.7. The first-order chi connectivity index (χ1) is 23.4. The average Bonchev–Trinajstić information content (AvgIpc) is 3.07. The van der Waals surface area contributed by atoms with Crippen LogP contribution < -0.4 is 11.1 Å². The number of carbonyl (C=O) groups excluding carboxylic acids is 2. The third-order valence-electron chi connectivity index (χ3n) is 8.97. The Kier molecular flexibility index (Phi) is 34.5. The summed E-state index contributed by atoms with van der Waals surface area (Å²) in [6.07, 6.45) is 39.5. The van der Waals surface area contributed by atoms with E-state index in [9.17, 15) is 19.5 Å². The molecule has 0 aliphatic rings. The van der Waals surface area contributed by atoms with Crippen LogP contribution >= 0.6 is 0 Å². The van der Waals surface area contributed by atoms with Gasteiger partial charge in [-0.3, -0.25) is 9.59 Å². The van der Waals surface area contributed by atoms with Crippen LogP contribution in [-0.2, 0) is 19.1 Å². The number of unbranched alkanes of at least 4 members (excludes halogenated alkanes) is 20. The normalized spacial score (nSPS) is 12.9. The maximum atomic E-state index is 12.7. The number of rotatable bonds is 36. The fourth-order valence-corrected chi connectivity index (χ4v) is 5.88. The number of amides is 1. The summed E-state index contributed by atoms with van der Waals surface area (Å²) in [7, 11) is 0. The Bertz CT molecular complexity index is 813. The molecule has 1 amide bonds. The summed E-state index contributed by atoms with van der Waals surface area (Å²) in [6, 6.07) is -0.869. The summed E-state index contributed by atoms with van der Waals surface area (Å²) in [5.74, 6) is -1.34. The zero-order valence-electron chi connectivity index (χ0n) is 31.3. The molecule has 0 fully saturated rings. The first-order valence-corrected chi connectivity index (χ1v) is 20.2. The molecule has 0 aliphatic carbocycles. The number of carboxylic acids is 1. The van der Waals surface area contributed by atoms with Gasteiger partial charge >= 0.3 is 11.9 Å². The van der Waals surface area contributed by atoms with Crippen molar-refractivity contribution >= 4 is 17.8 Å². The van der Waals surface area contributed by atoms with Gasteiger partial charge in [0, 0.05) is 12.8 Å². The minimum absolute atomic E-state index is 0.0971. The Hall–Kier alpha value is -2.15. The lowest BCUT2D eigenvalue weighted by atomic mass is 10.1. The number of hydrogen-bond donors (Lipinski definition) is 3. The quantitative estimate of drug-likeness (QED) is 0.0345. The number of esters is 1. The highest BCUT2D eigenvalue weighted by Crippen LogP contribution is 2.15. The Morgan fingerprint density at radius 3 is 1.62 bits per heavy atom. The van der Waals surface area contributed by atoms with Crippen molar-refractivity contribution in [2.24, 2.45) is 5.73 Å². The van der Waals surface area contributed by atoms with Gasteiger partial charge in [0.2, 0.25) is 5.91 Å². The van der Waals surface area contributed by atoms with Crippen LogP contribution in [0, 0.1) is 0 Å². The molecule has 4 N–H and O–H groups in total. The monoisotopic (exact) mass is 677 g/mol. The lowest BCUT2D eigenvalue weighted by Gasteiger charge is -2.15. The van der Waals surface area contributed by atoms with E-state index in [0.29, 0.717) is 38.6 Å². The second kappa shape index (κ2) is 36.1. The first-order valence-electron chi connectivity index (χ1n) is 20.2. The second-order valence-electron chi connectivity index (χ2n) is 13.7. The lowest BCUT2D eigenvalue weighted by molar-refractivity contribution is -0.147. The fourth-order valence-electron chi connectivity index (χ4n) is 5.88. The molecular formula is C41H76N2O5. The zero-order chi connectivity index (χ0) is 35.3. The van der Waals surface area contributed by atoms with E-state index in [4.69, 9.17) is 10.5 Å². The standard InChI is InChI=1S/C41H76N2O5/c1-3-5-7-9-11-12-13-14-15-16-17-18-19-21-23-29-35-40(45)48-37(31-26-22-20-10-8-6-4-2)32-27-24-25-28-34-39(44)43-38(41(46)47)33-30-36-42/h15-16,26,31,37-38H,3-14,17-25,27-30,32-36,42H2,1-2H3,(H,43,44)(H,46,47)/b16-15-,31-26-. The molecule has 0 spiro atoms. The molecule has 0 aromatic rings. The van der Waals surface area contributed by atoms with Crippen LogP contribution in [0.15, 0.2) is 24.3 Å². The Morgan fingerprint density at radius 1 is 0.604 bits per heavy atom. The van der Waals surface area contributed by atoms with E-state index in [1.54, 1.807) is 0 Å². The summed E-state index contributed by atoms with van der Waals surface area (Å²) in [6.45, 7) is 4.90. The SMILES string of the molecule is CCCCCCC/C=C\C(CCCCCCC(=O)NC(CCCN)C(=O)O)OC(=O)CCCCCCC/C=C\CCCCCCCCC. The van der Waals surface area contributed by atoms with Crippen LogP contribution in [0.1, 0.15) is 200 Å². The number of carboxylic acid groups (broad SMARTS) is 1. The number of nitrogens with one attached hydrogen (secondary N) is 1. The summed E-state index contributed by atoms with van der Waals surface area (Å²) in [4.78, 5) is 36.2. The Balaban J connectivity index is 4.24. The van der Waals surface area contributed by atoms with Crippen molar-refractivity contribution in [1.82, 2.24) is 5.32 Å². The average molecular weight is 677 g/mol. The van der Waals surface area contributed by atoms with Crippen LogP contribution in [0.4, 0.5) is 0 Å². The van der Waals surface area contributed by atoms with Crippen molar-refractivity contribution in [2.75, 3.05) is 6.54 Å². The minimum atomic E-state index is -1.01. The number of nitrogens with two attached hydrogens (primary N) is 1. The molecule has 0 rings (SSSR count). The topological polar surface area (TPSA) is 119 Å². The maximum absolute atomic E-state index is 12.7. The van der Waals surface area contributed by atoms with Crippen molar-refractivity contribution in [1.29, 1.82) is 0 Å². The van der Waals surface area contributed by atoms with Crippen LogP contribution in [0.2, 0.25) is 0 Å². The van der Waals surface area contributed by atoms with Gasteiger partial charge in [0.25, 0.3) is 0 Å². The van der Waals surface area contributed by atoms with E-state index in [1.807, 2.05) is 0 Å². The molecule has 0 aromatic carbocycles. The lowest BCUT2D eigenvalue weighted by Crippen LogP contribution is -2.40. The van der Waals surface area contributed by atoms with E-state index in [-0.39, 0.29) is 18.0 Å². The van der Waals surface area contributed by atoms with Gasteiger partial charge in [-0.25, -0.2) is 4.79 Å². The fraction of sp³-hybridized carbons (Fsp3) is 0.829. The van der Waals surface area contributed by atoms with E-state index in [1.165, 1.54) is 109 Å². The molecular weight excluding hydrogens is 600 g/mol. The highest BCUT2D eigenvalue weighted by molar-refractivity contribution is 5.83. The summed E-state index contributed by atoms with van der Waals surface area (Å²) < 4.78 is 5.90. The number of aliphatic carboxylic acids is 1. The zero-order valence-corrected chi connectivity index (χ0v) is 31.3. The van der Waals surface area contributed by atoms with Gasteiger partial charge in [0.1, 0.15) is 12.1 Å². The van der Waals surface area contributed by atoms with Crippen molar-refractivity contribution in [3.63, 3.8) is 0 Å². The van der Waals surface area contributed by atoms with Gasteiger partial charge in [-0.15, -0.1) is 0 Å². The van der Waals surface area contributed by atoms with Crippen molar-refractivity contribution in [2.45, 2.75) is 212 Å². The van der Waals surface area contributed by atoms with Gasteiger partial charge in [0.15, 0.2) is 0 Å². The van der Waals surface area contributed by atoms with Crippen LogP contribution in [-0.4, -0.2) is 41.6 Å². The number of hydrogen-bond acceptors (Lipinski definition) is 5. The smallest absolute Gasteiger partial charge is 0.326 e. The molecule has 0 radical (unpaired) electrons. The number of allylic oxidation sites excluding steroid dienone is 3. The van der Waals surface area contributed by atoms with Gasteiger partial charge in [-0.1, -0.05) is 128 Å². The maximum Gasteiger partial charge on any atom is 0.326 e. The molecule has 48 heavy (non-hydrogen) atoms. The molecule has 0 bridgehead atoms. The largest absolute Gasteiger partial charge is 0.480 e. The summed E-state index contributed by atoms with van der Waals surface area (Å²) >= 11 is 0. The number of ether oxygens (including phenoxy) is 1. The van der Waals surface area contributed by atoms with E-state index >= 15 is 0 Å². The molecule has 0 aromatic heterocycles. The number of carbonyl (C=O) groups is 3. The van der Waals surface area contributed by atoms with Crippen LogP contribution in [0.3, 0.4) is 0 Å².